The lowest BCUT2D eigenvalue weighted by Gasteiger charge is -2.11. The number of pyridine rings is 1. The Morgan fingerprint density at radius 3 is 2.55 bits per heavy atom. The van der Waals surface area contributed by atoms with Gasteiger partial charge in [-0.25, -0.2) is 4.98 Å². The molecule has 0 fully saturated rings. The Morgan fingerprint density at radius 2 is 2.05 bits per heavy atom. The summed E-state index contributed by atoms with van der Waals surface area (Å²) in [7, 11) is 3.81. The zero-order valence-corrected chi connectivity index (χ0v) is 12.2. The largest absolute Gasteiger partial charge is 0.363 e. The Kier molecular flexibility index (Phi) is 4.02. The van der Waals surface area contributed by atoms with E-state index in [4.69, 9.17) is 0 Å². The van der Waals surface area contributed by atoms with Crippen LogP contribution in [0.15, 0.2) is 30.7 Å². The van der Waals surface area contributed by atoms with Crippen LogP contribution >= 0.6 is 0 Å². The van der Waals surface area contributed by atoms with Crippen LogP contribution in [0.25, 0.3) is 0 Å². The first kappa shape index (κ1) is 14.0. The quantitative estimate of drug-likeness (QED) is 0.927. The molecule has 1 amide bonds. The SMILES string of the molecule is CC(C)n1cc(NC(=O)c2ccc(N(C)C)nc2)cn1. The number of amides is 1. The van der Waals surface area contributed by atoms with Gasteiger partial charge in [-0.15, -0.1) is 0 Å². The minimum Gasteiger partial charge on any atom is -0.363 e. The third kappa shape index (κ3) is 3.14. The van der Waals surface area contributed by atoms with Crippen LogP contribution in [0.1, 0.15) is 30.2 Å². The van der Waals surface area contributed by atoms with Gasteiger partial charge in [-0.05, 0) is 26.0 Å². The highest BCUT2D eigenvalue weighted by atomic mass is 16.1. The molecule has 2 aromatic heterocycles. The number of nitrogens with one attached hydrogen (secondary N) is 1. The second-order valence-corrected chi connectivity index (χ2v) is 5.06. The molecule has 0 atom stereocenters. The number of hydrogen-bond acceptors (Lipinski definition) is 4. The van der Waals surface area contributed by atoms with Gasteiger partial charge < -0.3 is 10.2 Å². The van der Waals surface area contributed by atoms with Gasteiger partial charge in [0, 0.05) is 32.5 Å². The third-order valence-electron chi connectivity index (χ3n) is 2.86. The average Bonchev–Trinajstić information content (AvgIpc) is 2.87. The van der Waals surface area contributed by atoms with E-state index < -0.39 is 0 Å². The Balaban J connectivity index is 2.07. The predicted molar refractivity (Wildman–Crippen MR) is 79.1 cm³/mol. The molecule has 2 aromatic rings. The first-order valence-electron chi connectivity index (χ1n) is 6.46. The number of carbonyl (C=O) groups is 1. The smallest absolute Gasteiger partial charge is 0.257 e. The lowest BCUT2D eigenvalue weighted by molar-refractivity contribution is 0.102. The van der Waals surface area contributed by atoms with E-state index >= 15 is 0 Å². The Morgan fingerprint density at radius 1 is 1.30 bits per heavy atom. The molecule has 6 heteroatoms. The zero-order valence-electron chi connectivity index (χ0n) is 12.2. The van der Waals surface area contributed by atoms with Crippen molar-refractivity contribution in [2.75, 3.05) is 24.3 Å². The van der Waals surface area contributed by atoms with E-state index in [9.17, 15) is 4.79 Å². The van der Waals surface area contributed by atoms with Crippen molar-refractivity contribution in [1.29, 1.82) is 0 Å². The monoisotopic (exact) mass is 273 g/mol. The molecule has 0 aliphatic rings. The highest BCUT2D eigenvalue weighted by molar-refractivity contribution is 6.04. The van der Waals surface area contributed by atoms with Crippen LogP contribution in [0, 0.1) is 0 Å². The standard InChI is InChI=1S/C14H19N5O/c1-10(2)19-9-12(8-16-19)17-14(20)11-5-6-13(15-7-11)18(3)4/h5-10H,1-4H3,(H,17,20). The summed E-state index contributed by atoms with van der Waals surface area (Å²) in [5.41, 5.74) is 1.20. The van der Waals surface area contributed by atoms with Crippen LogP contribution in [0.5, 0.6) is 0 Å². The molecule has 1 N–H and O–H groups in total. The number of anilines is 2. The van der Waals surface area contributed by atoms with Crippen molar-refractivity contribution in [3.8, 4) is 0 Å². The molecule has 0 bridgehead atoms. The van der Waals surface area contributed by atoms with Crippen LogP contribution in [0.4, 0.5) is 11.5 Å². The topological polar surface area (TPSA) is 63.1 Å². The number of carbonyl (C=O) groups excluding carboxylic acids is 1. The molecule has 0 unspecified atom stereocenters. The number of nitrogens with zero attached hydrogens (tertiary/aromatic N) is 4. The minimum atomic E-state index is -0.189. The maximum Gasteiger partial charge on any atom is 0.257 e. The molecule has 6 nitrogen and oxygen atoms in total. The van der Waals surface area contributed by atoms with Crippen LogP contribution in [-0.2, 0) is 0 Å². The predicted octanol–water partition coefficient (Wildman–Crippen LogP) is 2.18. The van der Waals surface area contributed by atoms with Crippen molar-refractivity contribution < 1.29 is 4.79 Å². The Bertz CT molecular complexity index is 586. The second kappa shape index (κ2) is 5.73. The maximum atomic E-state index is 12.1. The van der Waals surface area contributed by atoms with Gasteiger partial charge in [-0.3, -0.25) is 9.48 Å². The maximum absolute atomic E-state index is 12.1. The van der Waals surface area contributed by atoms with Crippen molar-refractivity contribution in [1.82, 2.24) is 14.8 Å². The van der Waals surface area contributed by atoms with E-state index in [0.717, 1.165) is 5.82 Å². The summed E-state index contributed by atoms with van der Waals surface area (Å²) in [6.45, 7) is 4.06. The summed E-state index contributed by atoms with van der Waals surface area (Å²) in [5.74, 6) is 0.625. The molecular weight excluding hydrogens is 254 g/mol. The summed E-state index contributed by atoms with van der Waals surface area (Å²) in [4.78, 5) is 18.2. The van der Waals surface area contributed by atoms with Gasteiger partial charge in [0.05, 0.1) is 17.4 Å². The van der Waals surface area contributed by atoms with E-state index in [0.29, 0.717) is 11.3 Å². The number of rotatable bonds is 4. The lowest BCUT2D eigenvalue weighted by Crippen LogP contribution is -2.14. The summed E-state index contributed by atoms with van der Waals surface area (Å²) >= 11 is 0. The molecule has 0 saturated carbocycles. The summed E-state index contributed by atoms with van der Waals surface area (Å²) < 4.78 is 1.79. The molecule has 0 radical (unpaired) electrons. The molecular formula is C14H19N5O. The highest BCUT2D eigenvalue weighted by Crippen LogP contribution is 2.13. The van der Waals surface area contributed by atoms with E-state index in [1.165, 1.54) is 0 Å². The Hall–Kier alpha value is -2.37. The minimum absolute atomic E-state index is 0.189. The van der Waals surface area contributed by atoms with Crippen LogP contribution in [0.3, 0.4) is 0 Å². The van der Waals surface area contributed by atoms with Crippen molar-refractivity contribution in [3.63, 3.8) is 0 Å². The van der Waals surface area contributed by atoms with Gasteiger partial charge in [0.1, 0.15) is 5.82 Å². The van der Waals surface area contributed by atoms with E-state index in [1.807, 2.05) is 45.1 Å². The van der Waals surface area contributed by atoms with Crippen molar-refractivity contribution in [2.45, 2.75) is 19.9 Å². The van der Waals surface area contributed by atoms with E-state index in [-0.39, 0.29) is 11.9 Å². The molecule has 20 heavy (non-hydrogen) atoms. The van der Waals surface area contributed by atoms with Crippen LogP contribution in [-0.4, -0.2) is 34.8 Å². The lowest BCUT2D eigenvalue weighted by atomic mass is 10.2. The van der Waals surface area contributed by atoms with Gasteiger partial charge in [-0.1, -0.05) is 0 Å². The Labute approximate surface area is 118 Å². The molecule has 106 valence electrons. The third-order valence-corrected chi connectivity index (χ3v) is 2.86. The molecule has 0 spiro atoms. The fraction of sp³-hybridized carbons (Fsp3) is 0.357. The van der Waals surface area contributed by atoms with Crippen molar-refractivity contribution in [3.05, 3.63) is 36.3 Å². The first-order chi connectivity index (χ1) is 9.47. The van der Waals surface area contributed by atoms with Gasteiger partial charge >= 0.3 is 0 Å². The number of aromatic nitrogens is 3. The normalized spacial score (nSPS) is 10.7. The molecule has 0 aliphatic carbocycles. The van der Waals surface area contributed by atoms with Gasteiger partial charge in [0.2, 0.25) is 0 Å². The van der Waals surface area contributed by atoms with Crippen LogP contribution < -0.4 is 10.2 Å². The van der Waals surface area contributed by atoms with Gasteiger partial charge in [0.15, 0.2) is 0 Å². The van der Waals surface area contributed by atoms with Gasteiger partial charge in [-0.2, -0.15) is 5.10 Å². The highest BCUT2D eigenvalue weighted by Gasteiger charge is 2.09. The molecule has 0 aromatic carbocycles. The summed E-state index contributed by atoms with van der Waals surface area (Å²) in [6.07, 6.45) is 5.02. The average molecular weight is 273 g/mol. The molecule has 2 rings (SSSR count). The summed E-state index contributed by atoms with van der Waals surface area (Å²) in [5, 5.41) is 6.99. The fourth-order valence-corrected chi connectivity index (χ4v) is 1.67. The van der Waals surface area contributed by atoms with Crippen LogP contribution in [0.2, 0.25) is 0 Å². The zero-order chi connectivity index (χ0) is 14.7. The van der Waals surface area contributed by atoms with Gasteiger partial charge in [0.25, 0.3) is 5.91 Å². The second-order valence-electron chi connectivity index (χ2n) is 5.06. The summed E-state index contributed by atoms with van der Waals surface area (Å²) in [6, 6.07) is 3.83. The molecule has 2 heterocycles. The first-order valence-corrected chi connectivity index (χ1v) is 6.46. The van der Waals surface area contributed by atoms with Crippen molar-refractivity contribution in [2.24, 2.45) is 0 Å². The van der Waals surface area contributed by atoms with E-state index in [2.05, 4.69) is 15.4 Å². The molecule has 0 saturated heterocycles. The molecule has 0 aliphatic heterocycles. The number of hydrogen-bond donors (Lipinski definition) is 1. The van der Waals surface area contributed by atoms with Crippen molar-refractivity contribution >= 4 is 17.4 Å². The fourth-order valence-electron chi connectivity index (χ4n) is 1.67. The van der Waals surface area contributed by atoms with E-state index in [1.54, 1.807) is 23.1 Å².